The van der Waals surface area contributed by atoms with Crippen molar-refractivity contribution in [2.75, 3.05) is 19.6 Å². The summed E-state index contributed by atoms with van der Waals surface area (Å²) in [5, 5.41) is 6.38. The van der Waals surface area contributed by atoms with Crippen LogP contribution in [0.3, 0.4) is 0 Å². The van der Waals surface area contributed by atoms with E-state index in [-0.39, 0.29) is 5.91 Å². The molecule has 1 aromatic rings. The van der Waals surface area contributed by atoms with Gasteiger partial charge in [0.05, 0.1) is 0 Å². The summed E-state index contributed by atoms with van der Waals surface area (Å²) in [4.78, 5) is 11.7. The number of nitrogens with one attached hydrogen (secondary N) is 2. The summed E-state index contributed by atoms with van der Waals surface area (Å²) < 4.78 is 0. The highest BCUT2D eigenvalue weighted by atomic mass is 16.1. The molecule has 0 aliphatic carbocycles. The van der Waals surface area contributed by atoms with Crippen molar-refractivity contribution < 1.29 is 4.79 Å². The van der Waals surface area contributed by atoms with Gasteiger partial charge in [0.15, 0.2) is 0 Å². The lowest BCUT2D eigenvalue weighted by Crippen LogP contribution is -2.26. The maximum Gasteiger partial charge on any atom is 0.220 e. The maximum absolute atomic E-state index is 11.7. The number of hydrogen-bond donors (Lipinski definition) is 2. The van der Waals surface area contributed by atoms with Crippen molar-refractivity contribution in [1.82, 2.24) is 10.6 Å². The molecule has 1 saturated heterocycles. The van der Waals surface area contributed by atoms with E-state index >= 15 is 0 Å². The number of rotatable bonds is 7. The third-order valence-electron chi connectivity index (χ3n) is 3.75. The van der Waals surface area contributed by atoms with Crippen LogP contribution in [-0.4, -0.2) is 25.5 Å². The molecule has 1 aliphatic rings. The highest BCUT2D eigenvalue weighted by Crippen LogP contribution is 2.10. The second-order valence-corrected chi connectivity index (χ2v) is 5.34. The first-order chi connectivity index (χ1) is 9.34. The number of hydrogen-bond acceptors (Lipinski definition) is 2. The zero-order valence-corrected chi connectivity index (χ0v) is 11.5. The van der Waals surface area contributed by atoms with Gasteiger partial charge in [-0.05, 0) is 50.3 Å². The molecule has 1 fully saturated rings. The first kappa shape index (κ1) is 14.1. The van der Waals surface area contributed by atoms with E-state index in [1.54, 1.807) is 0 Å². The Morgan fingerprint density at radius 2 is 2.16 bits per heavy atom. The van der Waals surface area contributed by atoms with E-state index < -0.39 is 0 Å². The topological polar surface area (TPSA) is 41.1 Å². The van der Waals surface area contributed by atoms with Crippen LogP contribution in [0.25, 0.3) is 0 Å². The normalized spacial score (nSPS) is 18.4. The van der Waals surface area contributed by atoms with Gasteiger partial charge < -0.3 is 10.6 Å². The summed E-state index contributed by atoms with van der Waals surface area (Å²) in [5.41, 5.74) is 1.31. The van der Waals surface area contributed by atoms with E-state index in [1.165, 1.54) is 12.0 Å². The molecule has 104 valence electrons. The fraction of sp³-hybridized carbons (Fsp3) is 0.562. The Kier molecular flexibility index (Phi) is 5.89. The van der Waals surface area contributed by atoms with Crippen molar-refractivity contribution >= 4 is 5.91 Å². The standard InChI is InChI=1S/C16H24N2O/c19-16(18-12-10-15-9-11-17-13-15)8-4-7-14-5-2-1-3-6-14/h1-3,5-6,15,17H,4,7-13H2,(H,18,19). The lowest BCUT2D eigenvalue weighted by Gasteiger charge is -2.09. The lowest BCUT2D eigenvalue weighted by atomic mass is 10.1. The summed E-state index contributed by atoms with van der Waals surface area (Å²) in [6.07, 6.45) is 4.92. The molecular weight excluding hydrogens is 236 g/mol. The van der Waals surface area contributed by atoms with Crippen LogP contribution in [0.4, 0.5) is 0 Å². The highest BCUT2D eigenvalue weighted by molar-refractivity contribution is 5.75. The molecule has 19 heavy (non-hydrogen) atoms. The van der Waals surface area contributed by atoms with Gasteiger partial charge in [-0.25, -0.2) is 0 Å². The Labute approximate surface area is 115 Å². The molecule has 1 unspecified atom stereocenters. The fourth-order valence-electron chi connectivity index (χ4n) is 2.56. The van der Waals surface area contributed by atoms with Crippen LogP contribution in [0.15, 0.2) is 30.3 Å². The van der Waals surface area contributed by atoms with Gasteiger partial charge in [0.1, 0.15) is 0 Å². The Bertz CT molecular complexity index is 372. The molecule has 3 nitrogen and oxygen atoms in total. The van der Waals surface area contributed by atoms with Crippen LogP contribution >= 0.6 is 0 Å². The number of carbonyl (C=O) groups excluding carboxylic acids is 1. The molecule has 1 aliphatic heterocycles. The van der Waals surface area contributed by atoms with Crippen LogP contribution in [0.2, 0.25) is 0 Å². The van der Waals surface area contributed by atoms with Gasteiger partial charge in [0, 0.05) is 13.0 Å². The van der Waals surface area contributed by atoms with E-state index in [0.717, 1.165) is 44.8 Å². The molecule has 0 bridgehead atoms. The number of carbonyl (C=O) groups is 1. The van der Waals surface area contributed by atoms with Crippen molar-refractivity contribution in [3.63, 3.8) is 0 Å². The van der Waals surface area contributed by atoms with Crippen molar-refractivity contribution in [1.29, 1.82) is 0 Å². The zero-order valence-electron chi connectivity index (χ0n) is 11.5. The van der Waals surface area contributed by atoms with Gasteiger partial charge in [-0.15, -0.1) is 0 Å². The Morgan fingerprint density at radius 3 is 2.89 bits per heavy atom. The van der Waals surface area contributed by atoms with Crippen LogP contribution in [-0.2, 0) is 11.2 Å². The molecular formula is C16H24N2O. The SMILES string of the molecule is O=C(CCCc1ccccc1)NCCC1CCNC1. The summed E-state index contributed by atoms with van der Waals surface area (Å²) in [6, 6.07) is 10.3. The Hall–Kier alpha value is -1.35. The number of aryl methyl sites for hydroxylation is 1. The van der Waals surface area contributed by atoms with Gasteiger partial charge >= 0.3 is 0 Å². The lowest BCUT2D eigenvalue weighted by molar-refractivity contribution is -0.121. The molecule has 2 rings (SSSR count). The summed E-state index contributed by atoms with van der Waals surface area (Å²) in [5.74, 6) is 0.950. The number of benzene rings is 1. The quantitative estimate of drug-likeness (QED) is 0.788. The third kappa shape index (κ3) is 5.43. The van der Waals surface area contributed by atoms with Crippen LogP contribution in [0.1, 0.15) is 31.2 Å². The van der Waals surface area contributed by atoms with Gasteiger partial charge in [-0.3, -0.25) is 4.79 Å². The Morgan fingerprint density at radius 1 is 1.32 bits per heavy atom. The molecule has 1 amide bonds. The predicted molar refractivity (Wildman–Crippen MR) is 78.0 cm³/mol. The van der Waals surface area contributed by atoms with Gasteiger partial charge in [-0.2, -0.15) is 0 Å². The van der Waals surface area contributed by atoms with Crippen LogP contribution < -0.4 is 10.6 Å². The molecule has 3 heteroatoms. The minimum absolute atomic E-state index is 0.196. The fourth-order valence-corrected chi connectivity index (χ4v) is 2.56. The molecule has 0 spiro atoms. The minimum Gasteiger partial charge on any atom is -0.356 e. The minimum atomic E-state index is 0.196. The van der Waals surface area contributed by atoms with Crippen molar-refractivity contribution in [2.24, 2.45) is 5.92 Å². The van der Waals surface area contributed by atoms with Crippen molar-refractivity contribution in [3.05, 3.63) is 35.9 Å². The van der Waals surface area contributed by atoms with E-state index in [0.29, 0.717) is 6.42 Å². The van der Waals surface area contributed by atoms with E-state index in [4.69, 9.17) is 0 Å². The largest absolute Gasteiger partial charge is 0.356 e. The van der Waals surface area contributed by atoms with Crippen molar-refractivity contribution in [3.8, 4) is 0 Å². The molecule has 0 radical (unpaired) electrons. The van der Waals surface area contributed by atoms with Gasteiger partial charge in [-0.1, -0.05) is 30.3 Å². The predicted octanol–water partition coefficient (Wildman–Crippen LogP) is 2.13. The average molecular weight is 260 g/mol. The highest BCUT2D eigenvalue weighted by Gasteiger charge is 2.13. The van der Waals surface area contributed by atoms with Crippen LogP contribution in [0.5, 0.6) is 0 Å². The van der Waals surface area contributed by atoms with E-state index in [9.17, 15) is 4.79 Å². The third-order valence-corrected chi connectivity index (χ3v) is 3.75. The second-order valence-electron chi connectivity index (χ2n) is 5.34. The average Bonchev–Trinajstić information content (AvgIpc) is 2.93. The van der Waals surface area contributed by atoms with Gasteiger partial charge in [0.25, 0.3) is 0 Å². The first-order valence-electron chi connectivity index (χ1n) is 7.36. The molecule has 0 saturated carbocycles. The first-order valence-corrected chi connectivity index (χ1v) is 7.36. The van der Waals surface area contributed by atoms with Gasteiger partial charge in [0.2, 0.25) is 5.91 Å². The Balaban J connectivity index is 1.52. The molecule has 0 aromatic heterocycles. The maximum atomic E-state index is 11.7. The van der Waals surface area contributed by atoms with Crippen LogP contribution in [0, 0.1) is 5.92 Å². The monoisotopic (exact) mass is 260 g/mol. The van der Waals surface area contributed by atoms with E-state index in [1.807, 2.05) is 18.2 Å². The summed E-state index contributed by atoms with van der Waals surface area (Å²) >= 11 is 0. The molecule has 1 atom stereocenters. The summed E-state index contributed by atoms with van der Waals surface area (Å²) in [6.45, 7) is 3.08. The smallest absolute Gasteiger partial charge is 0.220 e. The van der Waals surface area contributed by atoms with Crippen molar-refractivity contribution in [2.45, 2.75) is 32.1 Å². The molecule has 2 N–H and O–H groups in total. The zero-order chi connectivity index (χ0) is 13.3. The van der Waals surface area contributed by atoms with E-state index in [2.05, 4.69) is 22.8 Å². The molecule has 1 heterocycles. The summed E-state index contributed by atoms with van der Waals surface area (Å²) in [7, 11) is 0. The second kappa shape index (κ2) is 7.95. The number of amides is 1. The molecule has 1 aromatic carbocycles.